The Morgan fingerprint density at radius 3 is 2.19 bits per heavy atom. The molecule has 0 radical (unpaired) electrons. The van der Waals surface area contributed by atoms with E-state index in [1.165, 1.54) is 12.1 Å². The highest BCUT2D eigenvalue weighted by molar-refractivity contribution is 6.32. The average molecular weight is 483 g/mol. The molecule has 6 amide bonds. The predicted molar refractivity (Wildman–Crippen MR) is 132 cm³/mol. The highest BCUT2D eigenvalue weighted by Gasteiger charge is 2.41. The summed E-state index contributed by atoms with van der Waals surface area (Å²) in [5, 5.41) is 8.60. The van der Waals surface area contributed by atoms with Crippen LogP contribution in [0.25, 0.3) is 0 Å². The number of rotatable bonds is 6. The van der Waals surface area contributed by atoms with Crippen molar-refractivity contribution in [3.63, 3.8) is 0 Å². The number of nitrogens with one attached hydrogen (secondary N) is 3. The quantitative estimate of drug-likeness (QED) is 0.281. The first-order valence-electron chi connectivity index (χ1n) is 10.9. The molecule has 10 heteroatoms. The molecule has 0 unspecified atom stereocenters. The Labute approximate surface area is 206 Å². The van der Waals surface area contributed by atoms with Gasteiger partial charge in [0.05, 0.1) is 5.69 Å². The minimum Gasteiger partial charge on any atom is -0.322 e. The molecular formula is C26H21N5O5. The van der Waals surface area contributed by atoms with Crippen molar-refractivity contribution in [2.75, 3.05) is 10.2 Å². The first-order valence-corrected chi connectivity index (χ1v) is 10.9. The number of nitrogens with zero attached hydrogens (tertiary/aromatic N) is 2. The Hall–Kier alpha value is -5.12. The van der Waals surface area contributed by atoms with E-state index in [4.69, 9.17) is 0 Å². The summed E-state index contributed by atoms with van der Waals surface area (Å²) in [5.74, 6) is -3.91. The van der Waals surface area contributed by atoms with Crippen LogP contribution < -0.4 is 21.0 Å². The molecule has 1 aliphatic rings. The lowest BCUT2D eigenvalue weighted by molar-refractivity contribution is -0.131. The van der Waals surface area contributed by atoms with Crippen molar-refractivity contribution in [1.29, 1.82) is 0 Å². The molecule has 3 aromatic carbocycles. The van der Waals surface area contributed by atoms with E-state index in [1.807, 2.05) is 6.07 Å². The van der Waals surface area contributed by atoms with Gasteiger partial charge in [-0.25, -0.2) is 15.1 Å². The van der Waals surface area contributed by atoms with Crippen molar-refractivity contribution < 1.29 is 24.0 Å². The zero-order valence-electron chi connectivity index (χ0n) is 19.1. The third-order valence-corrected chi connectivity index (χ3v) is 5.39. The molecular weight excluding hydrogens is 462 g/mol. The standard InChI is InChI=1S/C26H21N5O5/c1-16-7-5-6-10-21(16)31-25(35)20(24(34)29-26(31)36)15-27-30-23(33)18-11-13-19(14-12-18)28-22(32)17-8-3-2-4-9-17/h2-15,20H,1H3,(H,28,32)(H,30,33)(H,29,34,36)/b27-15-/t20-/m1/s1. The Bertz CT molecular complexity index is 1370. The third-order valence-electron chi connectivity index (χ3n) is 5.39. The van der Waals surface area contributed by atoms with Crippen LogP contribution in [0, 0.1) is 12.8 Å². The van der Waals surface area contributed by atoms with Crippen LogP contribution >= 0.6 is 0 Å². The van der Waals surface area contributed by atoms with Crippen molar-refractivity contribution in [3.8, 4) is 0 Å². The molecule has 0 bridgehead atoms. The number of amides is 6. The number of para-hydroxylation sites is 1. The number of urea groups is 1. The number of barbiturate groups is 1. The number of hydrogen-bond donors (Lipinski definition) is 3. The highest BCUT2D eigenvalue weighted by Crippen LogP contribution is 2.23. The number of hydrogen-bond acceptors (Lipinski definition) is 6. The highest BCUT2D eigenvalue weighted by atomic mass is 16.2. The van der Waals surface area contributed by atoms with E-state index in [9.17, 15) is 24.0 Å². The van der Waals surface area contributed by atoms with Crippen molar-refractivity contribution in [1.82, 2.24) is 10.7 Å². The summed E-state index contributed by atoms with van der Waals surface area (Å²) in [5.41, 5.74) is 4.50. The third kappa shape index (κ3) is 5.17. The minimum atomic E-state index is -1.40. The van der Waals surface area contributed by atoms with Crippen LogP contribution in [0.15, 0.2) is 84.0 Å². The Morgan fingerprint density at radius 1 is 0.861 bits per heavy atom. The maximum atomic E-state index is 12.9. The summed E-state index contributed by atoms with van der Waals surface area (Å²) in [7, 11) is 0. The van der Waals surface area contributed by atoms with Crippen molar-refractivity contribution >= 4 is 47.2 Å². The van der Waals surface area contributed by atoms with Crippen LogP contribution in [0.1, 0.15) is 26.3 Å². The molecule has 0 saturated carbocycles. The number of hydrazone groups is 1. The molecule has 1 heterocycles. The number of carbonyl (C=O) groups excluding carboxylic acids is 5. The first-order chi connectivity index (χ1) is 17.3. The Balaban J connectivity index is 1.39. The molecule has 0 spiro atoms. The van der Waals surface area contributed by atoms with E-state index in [0.29, 0.717) is 22.5 Å². The topological polar surface area (TPSA) is 137 Å². The normalized spacial score (nSPS) is 15.5. The summed E-state index contributed by atoms with van der Waals surface area (Å²) in [4.78, 5) is 62.9. The predicted octanol–water partition coefficient (Wildman–Crippen LogP) is 2.86. The second-order valence-corrected chi connectivity index (χ2v) is 7.85. The van der Waals surface area contributed by atoms with E-state index < -0.39 is 29.7 Å². The molecule has 36 heavy (non-hydrogen) atoms. The zero-order chi connectivity index (χ0) is 25.7. The van der Waals surface area contributed by atoms with Crippen LogP contribution in [0.3, 0.4) is 0 Å². The number of anilines is 2. The Kier molecular flexibility index (Phi) is 6.96. The first kappa shape index (κ1) is 24.0. The Morgan fingerprint density at radius 2 is 1.50 bits per heavy atom. The van der Waals surface area contributed by atoms with Crippen LogP contribution in [0.2, 0.25) is 0 Å². The number of aryl methyl sites for hydroxylation is 1. The van der Waals surface area contributed by atoms with Crippen LogP contribution in [0.4, 0.5) is 16.2 Å². The molecule has 3 N–H and O–H groups in total. The lowest BCUT2D eigenvalue weighted by Gasteiger charge is -2.29. The van der Waals surface area contributed by atoms with Gasteiger partial charge in [-0.1, -0.05) is 36.4 Å². The number of carbonyl (C=O) groups is 5. The summed E-state index contributed by atoms with van der Waals surface area (Å²) in [6, 6.07) is 20.7. The fraction of sp³-hybridized carbons (Fsp3) is 0.0769. The molecule has 0 aromatic heterocycles. The molecule has 4 rings (SSSR count). The largest absolute Gasteiger partial charge is 0.335 e. The average Bonchev–Trinajstić information content (AvgIpc) is 2.88. The van der Waals surface area contributed by atoms with E-state index >= 15 is 0 Å². The smallest absolute Gasteiger partial charge is 0.322 e. The number of benzene rings is 3. The van der Waals surface area contributed by atoms with Gasteiger partial charge < -0.3 is 5.32 Å². The molecule has 180 valence electrons. The van der Waals surface area contributed by atoms with Gasteiger partial charge in [0.15, 0.2) is 5.92 Å². The zero-order valence-corrected chi connectivity index (χ0v) is 19.1. The summed E-state index contributed by atoms with van der Waals surface area (Å²) in [6.07, 6.45) is 0.974. The second-order valence-electron chi connectivity index (χ2n) is 7.85. The SMILES string of the molecule is Cc1ccccc1N1C(=O)NC(=O)[C@@H](/C=N\NC(=O)c2ccc(NC(=O)c3ccccc3)cc2)C1=O. The monoisotopic (exact) mass is 483 g/mol. The van der Waals surface area contributed by atoms with Gasteiger partial charge in [0.1, 0.15) is 0 Å². The summed E-state index contributed by atoms with van der Waals surface area (Å²) in [6.45, 7) is 1.73. The van der Waals surface area contributed by atoms with Gasteiger partial charge in [-0.2, -0.15) is 5.10 Å². The lowest BCUT2D eigenvalue weighted by atomic mass is 10.0. The van der Waals surface area contributed by atoms with Gasteiger partial charge >= 0.3 is 6.03 Å². The second kappa shape index (κ2) is 10.4. The van der Waals surface area contributed by atoms with E-state index in [2.05, 4.69) is 21.2 Å². The van der Waals surface area contributed by atoms with E-state index in [1.54, 1.807) is 67.6 Å². The maximum absolute atomic E-state index is 12.9. The molecule has 1 fully saturated rings. The van der Waals surface area contributed by atoms with Gasteiger partial charge in [0, 0.05) is 23.0 Å². The van der Waals surface area contributed by atoms with E-state index in [0.717, 1.165) is 11.1 Å². The molecule has 1 saturated heterocycles. The molecule has 1 atom stereocenters. The molecule has 3 aromatic rings. The fourth-order valence-corrected chi connectivity index (χ4v) is 3.50. The molecule has 0 aliphatic carbocycles. The van der Waals surface area contributed by atoms with Gasteiger partial charge in [-0.05, 0) is 55.0 Å². The number of imide groups is 2. The minimum absolute atomic E-state index is 0.237. The summed E-state index contributed by atoms with van der Waals surface area (Å²) >= 11 is 0. The van der Waals surface area contributed by atoms with Gasteiger partial charge in [-0.3, -0.25) is 24.5 Å². The van der Waals surface area contributed by atoms with Crippen molar-refractivity contribution in [2.45, 2.75) is 6.92 Å². The van der Waals surface area contributed by atoms with Crippen molar-refractivity contribution in [2.24, 2.45) is 11.0 Å². The van der Waals surface area contributed by atoms with E-state index in [-0.39, 0.29) is 11.5 Å². The van der Waals surface area contributed by atoms with Gasteiger partial charge in [0.2, 0.25) is 5.91 Å². The van der Waals surface area contributed by atoms with Gasteiger partial charge in [0.25, 0.3) is 17.7 Å². The van der Waals surface area contributed by atoms with Crippen LogP contribution in [0.5, 0.6) is 0 Å². The molecule has 10 nitrogen and oxygen atoms in total. The molecule has 1 aliphatic heterocycles. The van der Waals surface area contributed by atoms with Crippen LogP contribution in [-0.2, 0) is 9.59 Å². The summed E-state index contributed by atoms with van der Waals surface area (Å²) < 4.78 is 0. The van der Waals surface area contributed by atoms with Crippen LogP contribution in [-0.4, -0.2) is 35.9 Å². The lowest BCUT2D eigenvalue weighted by Crippen LogP contribution is -2.59. The maximum Gasteiger partial charge on any atom is 0.335 e. The van der Waals surface area contributed by atoms with Crippen molar-refractivity contribution in [3.05, 3.63) is 95.6 Å². The van der Waals surface area contributed by atoms with Gasteiger partial charge in [-0.15, -0.1) is 0 Å². The fourth-order valence-electron chi connectivity index (χ4n) is 3.50.